The molecule has 4 N–H and O–H groups in total. The first-order chi connectivity index (χ1) is 9.24. The number of fused-ring (bicyclic) bond motifs is 1. The van der Waals surface area contributed by atoms with Gasteiger partial charge < -0.3 is 20.8 Å². The molecule has 0 spiro atoms. The summed E-state index contributed by atoms with van der Waals surface area (Å²) in [4.78, 5) is 18.3. The Labute approximate surface area is 110 Å². The number of ether oxygens (including phenoxy) is 1. The Morgan fingerprint density at radius 2 is 2.42 bits per heavy atom. The van der Waals surface area contributed by atoms with E-state index >= 15 is 0 Å². The molecule has 6 heteroatoms. The van der Waals surface area contributed by atoms with Crippen LogP contribution in [0.3, 0.4) is 0 Å². The van der Waals surface area contributed by atoms with E-state index in [1.165, 1.54) is 6.33 Å². The van der Waals surface area contributed by atoms with Gasteiger partial charge in [0.2, 0.25) is 0 Å². The van der Waals surface area contributed by atoms with Crippen molar-refractivity contribution < 1.29 is 4.74 Å². The van der Waals surface area contributed by atoms with Crippen molar-refractivity contribution in [2.75, 3.05) is 30.8 Å². The normalized spacial score (nSPS) is 18.8. The van der Waals surface area contributed by atoms with Crippen LogP contribution >= 0.6 is 0 Å². The van der Waals surface area contributed by atoms with E-state index in [1.807, 2.05) is 6.07 Å². The molecule has 0 bridgehead atoms. The van der Waals surface area contributed by atoms with Crippen LogP contribution in [0.5, 0.6) is 0 Å². The number of benzene rings is 1. The van der Waals surface area contributed by atoms with Gasteiger partial charge in [-0.25, -0.2) is 4.98 Å². The van der Waals surface area contributed by atoms with Crippen molar-refractivity contribution >= 4 is 22.3 Å². The van der Waals surface area contributed by atoms with Crippen molar-refractivity contribution in [2.24, 2.45) is 5.92 Å². The summed E-state index contributed by atoms with van der Waals surface area (Å²) in [5.74, 6) is 0.516. The minimum absolute atomic E-state index is 0.174. The molecule has 1 atom stereocenters. The lowest BCUT2D eigenvalue weighted by atomic mass is 10.1. The van der Waals surface area contributed by atoms with E-state index in [2.05, 4.69) is 15.3 Å². The predicted molar refractivity (Wildman–Crippen MR) is 74.2 cm³/mol. The third kappa shape index (κ3) is 2.39. The van der Waals surface area contributed by atoms with Crippen LogP contribution in [0.4, 0.5) is 11.4 Å². The Morgan fingerprint density at radius 3 is 3.21 bits per heavy atom. The molecular weight excluding hydrogens is 244 g/mol. The van der Waals surface area contributed by atoms with Crippen molar-refractivity contribution in [1.29, 1.82) is 0 Å². The highest BCUT2D eigenvalue weighted by Crippen LogP contribution is 2.24. The third-order valence-electron chi connectivity index (χ3n) is 3.42. The van der Waals surface area contributed by atoms with Crippen LogP contribution < -0.4 is 16.6 Å². The monoisotopic (exact) mass is 260 g/mol. The maximum absolute atomic E-state index is 11.6. The van der Waals surface area contributed by atoms with Crippen molar-refractivity contribution in [3.8, 4) is 0 Å². The van der Waals surface area contributed by atoms with Crippen molar-refractivity contribution in [3.05, 3.63) is 28.8 Å². The Kier molecular flexibility index (Phi) is 3.08. The smallest absolute Gasteiger partial charge is 0.258 e. The summed E-state index contributed by atoms with van der Waals surface area (Å²) in [6.07, 6.45) is 2.47. The summed E-state index contributed by atoms with van der Waals surface area (Å²) in [6, 6.07) is 3.48. The van der Waals surface area contributed by atoms with Crippen molar-refractivity contribution in [1.82, 2.24) is 9.97 Å². The van der Waals surface area contributed by atoms with Crippen molar-refractivity contribution in [3.63, 3.8) is 0 Å². The van der Waals surface area contributed by atoms with Gasteiger partial charge in [-0.1, -0.05) is 0 Å². The van der Waals surface area contributed by atoms with Crippen LogP contribution in [0.15, 0.2) is 23.3 Å². The van der Waals surface area contributed by atoms with E-state index in [0.29, 0.717) is 22.5 Å². The van der Waals surface area contributed by atoms with Crippen molar-refractivity contribution in [2.45, 2.75) is 6.42 Å². The first-order valence-corrected chi connectivity index (χ1v) is 6.32. The van der Waals surface area contributed by atoms with Crippen LogP contribution in [0.1, 0.15) is 6.42 Å². The molecule has 1 aromatic heterocycles. The first-order valence-electron chi connectivity index (χ1n) is 6.32. The number of anilines is 2. The second kappa shape index (κ2) is 4.89. The number of H-pyrrole nitrogens is 1. The van der Waals surface area contributed by atoms with Crippen LogP contribution in [0.25, 0.3) is 10.9 Å². The minimum Gasteiger partial charge on any atom is -0.397 e. The van der Waals surface area contributed by atoms with Gasteiger partial charge in [0.15, 0.2) is 0 Å². The van der Waals surface area contributed by atoms with Crippen LogP contribution in [0.2, 0.25) is 0 Å². The summed E-state index contributed by atoms with van der Waals surface area (Å²) in [5, 5.41) is 3.82. The first kappa shape index (κ1) is 12.0. The van der Waals surface area contributed by atoms with E-state index < -0.39 is 0 Å². The average Bonchev–Trinajstić information content (AvgIpc) is 2.91. The summed E-state index contributed by atoms with van der Waals surface area (Å²) in [7, 11) is 0. The molecule has 0 radical (unpaired) electrons. The number of aromatic nitrogens is 2. The molecule has 1 aliphatic heterocycles. The average molecular weight is 260 g/mol. The maximum Gasteiger partial charge on any atom is 0.258 e. The molecule has 6 nitrogen and oxygen atoms in total. The van der Waals surface area contributed by atoms with Gasteiger partial charge in [-0.15, -0.1) is 0 Å². The number of hydrogen-bond acceptors (Lipinski definition) is 5. The number of nitrogen functional groups attached to an aromatic ring is 1. The summed E-state index contributed by atoms with van der Waals surface area (Å²) >= 11 is 0. The summed E-state index contributed by atoms with van der Waals surface area (Å²) in [6.45, 7) is 2.44. The van der Waals surface area contributed by atoms with E-state index in [9.17, 15) is 4.79 Å². The Balaban J connectivity index is 1.86. The van der Waals surface area contributed by atoms with Crippen LogP contribution in [0, 0.1) is 5.92 Å². The molecule has 2 heterocycles. The van der Waals surface area contributed by atoms with Gasteiger partial charge in [0.25, 0.3) is 5.56 Å². The van der Waals surface area contributed by atoms with Gasteiger partial charge in [-0.05, 0) is 18.6 Å². The van der Waals surface area contributed by atoms with Gasteiger partial charge in [0, 0.05) is 19.1 Å². The van der Waals surface area contributed by atoms with Crippen LogP contribution in [-0.2, 0) is 4.74 Å². The number of nitrogens with one attached hydrogen (secondary N) is 2. The highest BCUT2D eigenvalue weighted by Gasteiger charge is 2.15. The SMILES string of the molecule is Nc1cc2c(=O)[nH]cnc2cc1NCC1CCOC1. The molecule has 1 aliphatic rings. The Hall–Kier alpha value is -2.08. The number of hydrogen-bond donors (Lipinski definition) is 3. The fourth-order valence-electron chi connectivity index (χ4n) is 2.28. The highest BCUT2D eigenvalue weighted by molar-refractivity contribution is 5.88. The molecule has 1 unspecified atom stereocenters. The number of rotatable bonds is 3. The van der Waals surface area contributed by atoms with E-state index in [1.54, 1.807) is 6.07 Å². The zero-order valence-corrected chi connectivity index (χ0v) is 10.5. The van der Waals surface area contributed by atoms with E-state index in [4.69, 9.17) is 10.5 Å². The topological polar surface area (TPSA) is 93.0 Å². The van der Waals surface area contributed by atoms with Gasteiger partial charge >= 0.3 is 0 Å². The molecule has 1 saturated heterocycles. The highest BCUT2D eigenvalue weighted by atomic mass is 16.5. The quantitative estimate of drug-likeness (QED) is 0.715. The van der Waals surface area contributed by atoms with E-state index in [0.717, 1.165) is 31.9 Å². The second-order valence-corrected chi connectivity index (χ2v) is 4.80. The third-order valence-corrected chi connectivity index (χ3v) is 3.42. The van der Waals surface area contributed by atoms with Gasteiger partial charge in [0.1, 0.15) is 0 Å². The van der Waals surface area contributed by atoms with Gasteiger partial charge in [-0.2, -0.15) is 0 Å². The predicted octanol–water partition coefficient (Wildman–Crippen LogP) is 0.954. The molecular formula is C13H16N4O2. The number of nitrogens with two attached hydrogens (primary N) is 1. The summed E-state index contributed by atoms with van der Waals surface area (Å²) < 4.78 is 5.33. The molecule has 0 aliphatic carbocycles. The number of nitrogens with zero attached hydrogens (tertiary/aromatic N) is 1. The largest absolute Gasteiger partial charge is 0.397 e. The summed E-state index contributed by atoms with van der Waals surface area (Å²) in [5.41, 5.74) is 7.81. The Bertz CT molecular complexity index is 647. The Morgan fingerprint density at radius 1 is 1.53 bits per heavy atom. The van der Waals surface area contributed by atoms with E-state index in [-0.39, 0.29) is 5.56 Å². The molecule has 1 aromatic carbocycles. The lowest BCUT2D eigenvalue weighted by Crippen LogP contribution is -2.15. The zero-order valence-electron chi connectivity index (χ0n) is 10.5. The molecule has 1 fully saturated rings. The molecule has 3 rings (SSSR count). The number of aromatic amines is 1. The lowest BCUT2D eigenvalue weighted by molar-refractivity contribution is 0.187. The van der Waals surface area contributed by atoms with Crippen LogP contribution in [-0.4, -0.2) is 29.7 Å². The molecule has 0 saturated carbocycles. The standard InChI is InChI=1S/C13H16N4O2/c14-10-3-9-11(16-7-17-13(9)18)4-12(10)15-5-8-1-2-19-6-8/h3-4,7-8,15H,1-2,5-6,14H2,(H,16,17,18). The van der Waals surface area contributed by atoms with Gasteiger partial charge in [0.05, 0.1) is 35.2 Å². The second-order valence-electron chi connectivity index (χ2n) is 4.80. The molecule has 100 valence electrons. The molecule has 19 heavy (non-hydrogen) atoms. The molecule has 2 aromatic rings. The fourth-order valence-corrected chi connectivity index (χ4v) is 2.28. The molecule has 0 amide bonds. The fraction of sp³-hybridized carbons (Fsp3) is 0.385. The van der Waals surface area contributed by atoms with Gasteiger partial charge in [-0.3, -0.25) is 4.79 Å². The lowest BCUT2D eigenvalue weighted by Gasteiger charge is -2.13. The minimum atomic E-state index is -0.174. The zero-order chi connectivity index (χ0) is 13.2. The maximum atomic E-state index is 11.6.